The zero-order valence-electron chi connectivity index (χ0n) is 9.59. The summed E-state index contributed by atoms with van der Waals surface area (Å²) in [6.45, 7) is 2.01. The van der Waals surface area contributed by atoms with Crippen molar-refractivity contribution in [2.45, 2.75) is 44.6 Å². The maximum absolute atomic E-state index is 10.0. The summed E-state index contributed by atoms with van der Waals surface area (Å²) in [6, 6.07) is 3.68. The lowest BCUT2D eigenvalue weighted by atomic mass is 10.00. The van der Waals surface area contributed by atoms with Gasteiger partial charge in [-0.05, 0) is 55.4 Å². The van der Waals surface area contributed by atoms with Gasteiger partial charge in [-0.1, -0.05) is 18.5 Å². The molecular formula is C13H18ClNO. The molecule has 1 aliphatic carbocycles. The summed E-state index contributed by atoms with van der Waals surface area (Å²) in [5.41, 5.74) is 7.92. The van der Waals surface area contributed by atoms with Crippen LogP contribution >= 0.6 is 11.6 Å². The first-order chi connectivity index (χ1) is 7.54. The van der Waals surface area contributed by atoms with Gasteiger partial charge >= 0.3 is 0 Å². The molecule has 1 saturated carbocycles. The average Bonchev–Trinajstić information content (AvgIpc) is 2.98. The Morgan fingerprint density at radius 3 is 2.56 bits per heavy atom. The van der Waals surface area contributed by atoms with E-state index in [-0.39, 0.29) is 5.54 Å². The molecule has 0 saturated heterocycles. The predicted molar refractivity (Wildman–Crippen MR) is 67.0 cm³/mol. The standard InChI is InChI=1S/C13H18ClNO/c1-2-9-7-11(14)8-10(12(9)16)3-4-13(15)5-6-13/h7-8,16H,2-6,15H2,1H3. The van der Waals surface area contributed by atoms with Crippen molar-refractivity contribution >= 4 is 11.6 Å². The van der Waals surface area contributed by atoms with E-state index < -0.39 is 0 Å². The monoisotopic (exact) mass is 239 g/mol. The van der Waals surface area contributed by atoms with Crippen molar-refractivity contribution < 1.29 is 5.11 Å². The zero-order valence-corrected chi connectivity index (χ0v) is 10.3. The van der Waals surface area contributed by atoms with E-state index in [1.54, 1.807) is 0 Å². The highest BCUT2D eigenvalue weighted by Crippen LogP contribution is 2.38. The first kappa shape index (κ1) is 11.7. The second-order valence-electron chi connectivity index (χ2n) is 4.79. The number of benzene rings is 1. The maximum atomic E-state index is 10.0. The van der Waals surface area contributed by atoms with Gasteiger partial charge in [0.2, 0.25) is 0 Å². The second-order valence-corrected chi connectivity index (χ2v) is 5.23. The zero-order chi connectivity index (χ0) is 11.8. The van der Waals surface area contributed by atoms with Gasteiger partial charge in [-0.15, -0.1) is 0 Å². The second kappa shape index (κ2) is 4.27. The van der Waals surface area contributed by atoms with Crippen molar-refractivity contribution in [1.82, 2.24) is 0 Å². The first-order valence-electron chi connectivity index (χ1n) is 5.83. The molecule has 0 amide bonds. The first-order valence-corrected chi connectivity index (χ1v) is 6.21. The SMILES string of the molecule is CCc1cc(Cl)cc(CCC2(N)CC2)c1O. The Morgan fingerprint density at radius 2 is 2.00 bits per heavy atom. The Kier molecular flexibility index (Phi) is 3.13. The number of halogens is 1. The number of phenols is 1. The van der Waals surface area contributed by atoms with Crippen LogP contribution in [0.4, 0.5) is 0 Å². The lowest BCUT2D eigenvalue weighted by Crippen LogP contribution is -2.22. The number of nitrogens with two attached hydrogens (primary N) is 1. The van der Waals surface area contributed by atoms with Gasteiger partial charge in [0.25, 0.3) is 0 Å². The molecule has 3 N–H and O–H groups in total. The molecule has 0 radical (unpaired) electrons. The number of rotatable bonds is 4. The lowest BCUT2D eigenvalue weighted by molar-refractivity contribution is 0.458. The summed E-state index contributed by atoms with van der Waals surface area (Å²) in [6.07, 6.45) is 4.76. The lowest BCUT2D eigenvalue weighted by Gasteiger charge is -2.12. The molecule has 0 aliphatic heterocycles. The van der Waals surface area contributed by atoms with E-state index in [1.807, 2.05) is 19.1 Å². The van der Waals surface area contributed by atoms with Crippen LogP contribution in [0.2, 0.25) is 5.02 Å². The Labute approximate surface area is 101 Å². The Bertz CT molecular complexity index is 399. The molecule has 3 heteroatoms. The van der Waals surface area contributed by atoms with Crippen molar-refractivity contribution in [1.29, 1.82) is 0 Å². The minimum absolute atomic E-state index is 0.0289. The quantitative estimate of drug-likeness (QED) is 0.849. The van der Waals surface area contributed by atoms with Gasteiger partial charge in [0, 0.05) is 10.6 Å². The molecule has 0 atom stereocenters. The minimum atomic E-state index is 0.0289. The van der Waals surface area contributed by atoms with Crippen molar-refractivity contribution in [3.63, 3.8) is 0 Å². The fraction of sp³-hybridized carbons (Fsp3) is 0.538. The maximum Gasteiger partial charge on any atom is 0.122 e. The molecular weight excluding hydrogens is 222 g/mol. The van der Waals surface area contributed by atoms with Gasteiger partial charge in [0.05, 0.1) is 0 Å². The molecule has 1 aromatic carbocycles. The van der Waals surface area contributed by atoms with Crippen LogP contribution in [-0.4, -0.2) is 10.6 Å². The van der Waals surface area contributed by atoms with E-state index in [2.05, 4.69) is 0 Å². The molecule has 0 aromatic heterocycles. The van der Waals surface area contributed by atoms with E-state index in [0.29, 0.717) is 10.8 Å². The van der Waals surface area contributed by atoms with Gasteiger partial charge in [-0.2, -0.15) is 0 Å². The van der Waals surface area contributed by atoms with Crippen LogP contribution in [0.25, 0.3) is 0 Å². The van der Waals surface area contributed by atoms with E-state index in [1.165, 1.54) is 0 Å². The summed E-state index contributed by atoms with van der Waals surface area (Å²) in [7, 11) is 0. The fourth-order valence-corrected chi connectivity index (χ4v) is 2.24. The number of hydrogen-bond acceptors (Lipinski definition) is 2. The average molecular weight is 240 g/mol. The van der Waals surface area contributed by atoms with Crippen molar-refractivity contribution in [2.75, 3.05) is 0 Å². The van der Waals surface area contributed by atoms with Gasteiger partial charge in [-0.3, -0.25) is 0 Å². The summed E-state index contributed by atoms with van der Waals surface area (Å²) >= 11 is 6.02. The molecule has 0 unspecified atom stereocenters. The third kappa shape index (κ3) is 2.50. The van der Waals surface area contributed by atoms with Crippen LogP contribution in [0, 0.1) is 0 Å². The molecule has 2 rings (SSSR count). The van der Waals surface area contributed by atoms with Gasteiger partial charge in [0.15, 0.2) is 0 Å². The molecule has 2 nitrogen and oxygen atoms in total. The van der Waals surface area contributed by atoms with E-state index in [4.69, 9.17) is 17.3 Å². The van der Waals surface area contributed by atoms with Crippen molar-refractivity contribution in [3.8, 4) is 5.75 Å². The summed E-state index contributed by atoms with van der Waals surface area (Å²) in [4.78, 5) is 0. The third-order valence-electron chi connectivity index (χ3n) is 3.40. The van der Waals surface area contributed by atoms with Gasteiger partial charge in [0.1, 0.15) is 5.75 Å². The van der Waals surface area contributed by atoms with Gasteiger partial charge in [-0.25, -0.2) is 0 Å². The smallest absolute Gasteiger partial charge is 0.122 e. The highest BCUT2D eigenvalue weighted by atomic mass is 35.5. The summed E-state index contributed by atoms with van der Waals surface area (Å²) < 4.78 is 0. The van der Waals surface area contributed by atoms with Crippen LogP contribution in [0.3, 0.4) is 0 Å². The predicted octanol–water partition coefficient (Wildman–Crippen LogP) is 3.03. The third-order valence-corrected chi connectivity index (χ3v) is 3.62. The summed E-state index contributed by atoms with van der Waals surface area (Å²) in [5, 5.41) is 10.7. The molecule has 88 valence electrons. The number of aryl methyl sites for hydroxylation is 2. The topological polar surface area (TPSA) is 46.2 Å². The minimum Gasteiger partial charge on any atom is -0.507 e. The Morgan fingerprint density at radius 1 is 1.38 bits per heavy atom. The fourth-order valence-electron chi connectivity index (χ4n) is 1.97. The largest absolute Gasteiger partial charge is 0.507 e. The molecule has 1 fully saturated rings. The van der Waals surface area contributed by atoms with Crippen LogP contribution in [0.5, 0.6) is 5.75 Å². The van der Waals surface area contributed by atoms with Crippen molar-refractivity contribution in [3.05, 3.63) is 28.3 Å². The van der Waals surface area contributed by atoms with Crippen LogP contribution in [-0.2, 0) is 12.8 Å². The molecule has 16 heavy (non-hydrogen) atoms. The molecule has 0 spiro atoms. The molecule has 0 heterocycles. The van der Waals surface area contributed by atoms with E-state index >= 15 is 0 Å². The van der Waals surface area contributed by atoms with Crippen LogP contribution in [0.15, 0.2) is 12.1 Å². The van der Waals surface area contributed by atoms with E-state index in [9.17, 15) is 5.11 Å². The normalized spacial score (nSPS) is 17.4. The molecule has 1 aromatic rings. The highest BCUT2D eigenvalue weighted by Gasteiger charge is 2.37. The number of phenolic OH excluding ortho intramolecular Hbond substituents is 1. The van der Waals surface area contributed by atoms with Crippen LogP contribution < -0.4 is 5.73 Å². The number of aromatic hydroxyl groups is 1. The Hall–Kier alpha value is -0.730. The number of hydrogen-bond donors (Lipinski definition) is 2. The van der Waals surface area contributed by atoms with Crippen LogP contribution in [0.1, 0.15) is 37.3 Å². The molecule has 0 bridgehead atoms. The van der Waals surface area contributed by atoms with Gasteiger partial charge < -0.3 is 10.8 Å². The molecule has 1 aliphatic rings. The van der Waals surface area contributed by atoms with E-state index in [0.717, 1.165) is 43.2 Å². The van der Waals surface area contributed by atoms with Crippen molar-refractivity contribution in [2.24, 2.45) is 5.73 Å². The Balaban J connectivity index is 2.15. The summed E-state index contributed by atoms with van der Waals surface area (Å²) in [5.74, 6) is 0.399. The highest BCUT2D eigenvalue weighted by molar-refractivity contribution is 6.30.